The second-order valence-electron chi connectivity index (χ2n) is 5.68. The molecule has 0 aliphatic carbocycles. The van der Waals surface area contributed by atoms with E-state index in [-0.39, 0.29) is 37.9 Å². The molecule has 1 aromatic carbocycles. The molecule has 25 heavy (non-hydrogen) atoms. The Labute approximate surface area is 145 Å². The number of benzene rings is 1. The molecule has 1 aliphatic rings. The molecule has 1 aromatic heterocycles. The molecule has 0 saturated carbocycles. The standard InChI is InChI=1S/C16H17FN4O3S/c17-14-3-1-2-12(10-14)15-5-4-13(11-19-15)16(22)20-6-8-21(9-7-20)25(18,23)24/h1-5,10-11H,6-9H2,(H2,18,23,24). The van der Waals surface area contributed by atoms with Crippen LogP contribution in [0.3, 0.4) is 0 Å². The Morgan fingerprint density at radius 3 is 2.40 bits per heavy atom. The number of amides is 1. The average Bonchev–Trinajstić information content (AvgIpc) is 2.61. The van der Waals surface area contributed by atoms with Crippen LogP contribution in [0.2, 0.25) is 0 Å². The fraction of sp³-hybridized carbons (Fsp3) is 0.250. The molecule has 9 heteroatoms. The Balaban J connectivity index is 1.70. The number of carbonyl (C=O) groups is 1. The van der Waals surface area contributed by atoms with Crippen molar-refractivity contribution in [3.8, 4) is 11.3 Å². The Kier molecular flexibility index (Phi) is 4.80. The fourth-order valence-electron chi connectivity index (χ4n) is 2.67. The Hall–Kier alpha value is -2.36. The van der Waals surface area contributed by atoms with E-state index in [9.17, 15) is 17.6 Å². The highest BCUT2D eigenvalue weighted by atomic mass is 32.2. The van der Waals surface area contributed by atoms with E-state index in [1.54, 1.807) is 29.2 Å². The number of aromatic nitrogens is 1. The normalized spacial score (nSPS) is 16.0. The fourth-order valence-corrected chi connectivity index (χ4v) is 3.34. The third kappa shape index (κ3) is 4.01. The van der Waals surface area contributed by atoms with Crippen molar-refractivity contribution in [3.63, 3.8) is 0 Å². The van der Waals surface area contributed by atoms with Crippen LogP contribution in [0, 0.1) is 5.82 Å². The Bertz CT molecular complexity index is 879. The first-order chi connectivity index (χ1) is 11.8. The second kappa shape index (κ2) is 6.87. The maximum Gasteiger partial charge on any atom is 0.277 e. The van der Waals surface area contributed by atoms with Gasteiger partial charge in [0, 0.05) is 37.9 Å². The minimum Gasteiger partial charge on any atom is -0.336 e. The van der Waals surface area contributed by atoms with Crippen molar-refractivity contribution in [1.29, 1.82) is 0 Å². The van der Waals surface area contributed by atoms with Gasteiger partial charge in [0.15, 0.2) is 0 Å². The number of rotatable bonds is 3. The van der Waals surface area contributed by atoms with Crippen LogP contribution in [0.15, 0.2) is 42.6 Å². The molecule has 0 unspecified atom stereocenters. The van der Waals surface area contributed by atoms with Gasteiger partial charge in [-0.25, -0.2) is 9.53 Å². The van der Waals surface area contributed by atoms with Gasteiger partial charge in [0.05, 0.1) is 11.3 Å². The zero-order valence-corrected chi connectivity index (χ0v) is 14.1. The van der Waals surface area contributed by atoms with Gasteiger partial charge in [-0.2, -0.15) is 12.7 Å². The number of pyridine rings is 1. The smallest absolute Gasteiger partial charge is 0.277 e. The number of piperazine rings is 1. The predicted octanol–water partition coefficient (Wildman–Crippen LogP) is 0.849. The maximum absolute atomic E-state index is 13.3. The van der Waals surface area contributed by atoms with Crippen LogP contribution in [0.5, 0.6) is 0 Å². The summed E-state index contributed by atoms with van der Waals surface area (Å²) in [7, 11) is -3.73. The third-order valence-electron chi connectivity index (χ3n) is 4.02. The number of hydrogen-bond donors (Lipinski definition) is 1. The lowest BCUT2D eigenvalue weighted by Crippen LogP contribution is -2.52. The van der Waals surface area contributed by atoms with Gasteiger partial charge in [-0.15, -0.1) is 0 Å². The lowest BCUT2D eigenvalue weighted by Gasteiger charge is -2.32. The summed E-state index contributed by atoms with van der Waals surface area (Å²) in [5.41, 5.74) is 1.58. The van der Waals surface area contributed by atoms with Crippen molar-refractivity contribution in [2.75, 3.05) is 26.2 Å². The van der Waals surface area contributed by atoms with Crippen LogP contribution in [0.4, 0.5) is 4.39 Å². The predicted molar refractivity (Wildman–Crippen MR) is 90.2 cm³/mol. The maximum atomic E-state index is 13.3. The first kappa shape index (κ1) is 17.5. The zero-order chi connectivity index (χ0) is 18.0. The van der Waals surface area contributed by atoms with Crippen molar-refractivity contribution in [3.05, 3.63) is 54.0 Å². The summed E-state index contributed by atoms with van der Waals surface area (Å²) < 4.78 is 37.0. The van der Waals surface area contributed by atoms with Crippen LogP contribution < -0.4 is 5.14 Å². The quantitative estimate of drug-likeness (QED) is 0.873. The van der Waals surface area contributed by atoms with Gasteiger partial charge in [-0.3, -0.25) is 9.78 Å². The van der Waals surface area contributed by atoms with Gasteiger partial charge < -0.3 is 4.90 Å². The van der Waals surface area contributed by atoms with Crippen LogP contribution in [0.25, 0.3) is 11.3 Å². The van der Waals surface area contributed by atoms with Gasteiger partial charge in [0.2, 0.25) is 0 Å². The van der Waals surface area contributed by atoms with Crippen LogP contribution in [0.1, 0.15) is 10.4 Å². The van der Waals surface area contributed by atoms with Crippen molar-refractivity contribution in [1.82, 2.24) is 14.2 Å². The summed E-state index contributed by atoms with van der Waals surface area (Å²) in [6.45, 7) is 0.862. The molecular weight excluding hydrogens is 347 g/mol. The second-order valence-corrected chi connectivity index (χ2v) is 7.22. The summed E-state index contributed by atoms with van der Waals surface area (Å²) in [5.74, 6) is -0.584. The molecule has 1 aliphatic heterocycles. The Morgan fingerprint density at radius 1 is 1.12 bits per heavy atom. The zero-order valence-electron chi connectivity index (χ0n) is 13.3. The van der Waals surface area contributed by atoms with Crippen molar-refractivity contribution in [2.45, 2.75) is 0 Å². The number of carbonyl (C=O) groups excluding carboxylic acids is 1. The van der Waals surface area contributed by atoms with E-state index in [4.69, 9.17) is 5.14 Å². The molecule has 1 fully saturated rings. The molecule has 0 spiro atoms. The molecule has 2 aromatic rings. The number of nitrogens with zero attached hydrogens (tertiary/aromatic N) is 3. The van der Waals surface area contributed by atoms with E-state index in [1.165, 1.54) is 18.3 Å². The summed E-state index contributed by atoms with van der Waals surface area (Å²) in [6, 6.07) is 9.33. The summed E-state index contributed by atoms with van der Waals surface area (Å²) >= 11 is 0. The highest BCUT2D eigenvalue weighted by molar-refractivity contribution is 7.86. The van der Waals surface area contributed by atoms with Crippen LogP contribution in [-0.4, -0.2) is 54.7 Å². The molecular formula is C16H17FN4O3S. The molecule has 1 amide bonds. The molecule has 2 heterocycles. The number of halogens is 1. The highest BCUT2D eigenvalue weighted by Crippen LogP contribution is 2.18. The van der Waals surface area contributed by atoms with Crippen molar-refractivity contribution >= 4 is 16.1 Å². The van der Waals surface area contributed by atoms with E-state index >= 15 is 0 Å². The summed E-state index contributed by atoms with van der Waals surface area (Å²) in [5, 5.41) is 5.08. The molecule has 0 radical (unpaired) electrons. The molecule has 7 nitrogen and oxygen atoms in total. The summed E-state index contributed by atoms with van der Waals surface area (Å²) in [6.07, 6.45) is 1.44. The van der Waals surface area contributed by atoms with E-state index in [2.05, 4.69) is 4.98 Å². The first-order valence-electron chi connectivity index (χ1n) is 7.64. The monoisotopic (exact) mass is 364 g/mol. The lowest BCUT2D eigenvalue weighted by atomic mass is 10.1. The van der Waals surface area contributed by atoms with Crippen LogP contribution >= 0.6 is 0 Å². The molecule has 1 saturated heterocycles. The molecule has 0 atom stereocenters. The molecule has 132 valence electrons. The van der Waals surface area contributed by atoms with E-state index in [0.29, 0.717) is 16.8 Å². The van der Waals surface area contributed by atoms with Gasteiger partial charge in [0.25, 0.3) is 16.1 Å². The molecule has 3 rings (SSSR count). The number of hydrogen-bond acceptors (Lipinski definition) is 4. The Morgan fingerprint density at radius 2 is 1.84 bits per heavy atom. The van der Waals surface area contributed by atoms with Gasteiger partial charge in [-0.05, 0) is 24.3 Å². The lowest BCUT2D eigenvalue weighted by molar-refractivity contribution is 0.0697. The number of nitrogens with two attached hydrogens (primary N) is 1. The largest absolute Gasteiger partial charge is 0.336 e. The van der Waals surface area contributed by atoms with E-state index < -0.39 is 10.2 Å². The SMILES string of the molecule is NS(=O)(=O)N1CCN(C(=O)c2ccc(-c3cccc(F)c3)nc2)CC1. The van der Waals surface area contributed by atoms with Gasteiger partial charge in [-0.1, -0.05) is 12.1 Å². The highest BCUT2D eigenvalue weighted by Gasteiger charge is 2.27. The molecule has 0 bridgehead atoms. The minimum absolute atomic E-state index is 0.166. The molecule has 2 N–H and O–H groups in total. The topological polar surface area (TPSA) is 96.6 Å². The first-order valence-corrected chi connectivity index (χ1v) is 9.14. The van der Waals surface area contributed by atoms with E-state index in [1.807, 2.05) is 0 Å². The van der Waals surface area contributed by atoms with Gasteiger partial charge in [0.1, 0.15) is 5.82 Å². The summed E-state index contributed by atoms with van der Waals surface area (Å²) in [4.78, 5) is 18.3. The van der Waals surface area contributed by atoms with Gasteiger partial charge >= 0.3 is 0 Å². The minimum atomic E-state index is -3.73. The van der Waals surface area contributed by atoms with E-state index in [0.717, 1.165) is 4.31 Å². The average molecular weight is 364 g/mol. The van der Waals surface area contributed by atoms with Crippen molar-refractivity contribution < 1.29 is 17.6 Å². The van der Waals surface area contributed by atoms with Crippen molar-refractivity contribution in [2.24, 2.45) is 5.14 Å². The third-order valence-corrected chi connectivity index (χ3v) is 5.10. The van der Waals surface area contributed by atoms with Crippen LogP contribution in [-0.2, 0) is 10.2 Å².